The maximum absolute atomic E-state index is 13.1. The second kappa shape index (κ2) is 6.26. The third-order valence-electron chi connectivity index (χ3n) is 3.52. The van der Waals surface area contributed by atoms with Crippen LogP contribution in [0.2, 0.25) is 0 Å². The highest BCUT2D eigenvalue weighted by molar-refractivity contribution is 5.78. The van der Waals surface area contributed by atoms with Gasteiger partial charge in [0.25, 0.3) is 0 Å². The van der Waals surface area contributed by atoms with Crippen molar-refractivity contribution in [1.29, 1.82) is 0 Å². The van der Waals surface area contributed by atoms with E-state index in [-0.39, 0.29) is 24.3 Å². The molecule has 0 aliphatic carbocycles. The fourth-order valence-corrected chi connectivity index (χ4v) is 2.00. The van der Waals surface area contributed by atoms with Gasteiger partial charge in [-0.25, -0.2) is 0 Å². The molecule has 0 radical (unpaired) electrons. The number of carboxylic acid groups (broad SMARTS) is 1. The van der Waals surface area contributed by atoms with E-state index < -0.39 is 17.8 Å². The lowest BCUT2D eigenvalue weighted by Crippen LogP contribution is -2.58. The third-order valence-corrected chi connectivity index (χ3v) is 3.52. The van der Waals surface area contributed by atoms with Crippen LogP contribution in [0.5, 0.6) is 0 Å². The van der Waals surface area contributed by atoms with Crippen LogP contribution in [0.3, 0.4) is 0 Å². The van der Waals surface area contributed by atoms with Gasteiger partial charge in [-0.3, -0.25) is 4.79 Å². The molecule has 1 N–H and O–H groups in total. The van der Waals surface area contributed by atoms with E-state index in [2.05, 4.69) is 0 Å². The number of nitrogens with zero attached hydrogens (tertiary/aromatic N) is 1. The maximum Gasteiger partial charge on any atom is 0.460 e. The van der Waals surface area contributed by atoms with Crippen LogP contribution in [0.25, 0.3) is 0 Å². The molecule has 1 atom stereocenters. The molecule has 0 aromatic heterocycles. The normalized spacial score (nSPS) is 15.1. The SMILES string of the molecule is CC[C@](C)(C(=O)O)N(CCc1ccccc1)C(F)(F)F. The first-order valence-corrected chi connectivity index (χ1v) is 6.33. The number of alkyl halides is 3. The molecule has 0 aliphatic rings. The molecule has 3 nitrogen and oxygen atoms in total. The summed E-state index contributed by atoms with van der Waals surface area (Å²) in [5, 5.41) is 9.12. The Morgan fingerprint density at radius 2 is 1.80 bits per heavy atom. The van der Waals surface area contributed by atoms with Crippen LogP contribution in [0, 0.1) is 0 Å². The van der Waals surface area contributed by atoms with Crippen molar-refractivity contribution in [2.24, 2.45) is 0 Å². The highest BCUT2D eigenvalue weighted by Crippen LogP contribution is 2.32. The van der Waals surface area contributed by atoms with Crippen molar-refractivity contribution in [3.8, 4) is 0 Å². The van der Waals surface area contributed by atoms with Gasteiger partial charge in [0.1, 0.15) is 5.54 Å². The van der Waals surface area contributed by atoms with Gasteiger partial charge in [0.05, 0.1) is 0 Å². The van der Waals surface area contributed by atoms with Crippen LogP contribution < -0.4 is 0 Å². The van der Waals surface area contributed by atoms with E-state index in [0.29, 0.717) is 0 Å². The summed E-state index contributed by atoms with van der Waals surface area (Å²) in [4.78, 5) is 11.3. The molecule has 1 aromatic carbocycles. The largest absolute Gasteiger partial charge is 0.480 e. The van der Waals surface area contributed by atoms with E-state index in [1.54, 1.807) is 30.3 Å². The van der Waals surface area contributed by atoms with Crippen molar-refractivity contribution in [3.63, 3.8) is 0 Å². The lowest BCUT2D eigenvalue weighted by Gasteiger charge is -2.38. The standard InChI is InChI=1S/C14H18F3NO2/c1-3-13(2,12(19)20)18(14(15,16)17)10-9-11-7-5-4-6-8-11/h4-8H,3,9-10H2,1-2H3,(H,19,20)/t13-/m1/s1. The summed E-state index contributed by atoms with van der Waals surface area (Å²) in [5.74, 6) is -1.47. The summed E-state index contributed by atoms with van der Waals surface area (Å²) in [6, 6.07) is 8.70. The summed E-state index contributed by atoms with van der Waals surface area (Å²) in [5.41, 5.74) is -1.21. The fraction of sp³-hybridized carbons (Fsp3) is 0.500. The molecule has 0 spiro atoms. The number of aliphatic carboxylic acids is 1. The Balaban J connectivity index is 2.94. The van der Waals surface area contributed by atoms with Crippen LogP contribution in [-0.2, 0) is 11.2 Å². The molecule has 0 heterocycles. The van der Waals surface area contributed by atoms with Gasteiger partial charge < -0.3 is 5.11 Å². The molecule has 0 fully saturated rings. The number of hydrogen-bond donors (Lipinski definition) is 1. The lowest BCUT2D eigenvalue weighted by atomic mass is 9.96. The Morgan fingerprint density at radius 3 is 2.20 bits per heavy atom. The van der Waals surface area contributed by atoms with Gasteiger partial charge >= 0.3 is 12.3 Å². The van der Waals surface area contributed by atoms with E-state index >= 15 is 0 Å². The highest BCUT2D eigenvalue weighted by Gasteiger charge is 2.51. The molecular weight excluding hydrogens is 271 g/mol. The molecule has 0 unspecified atom stereocenters. The molecule has 0 bridgehead atoms. The van der Waals surface area contributed by atoms with E-state index in [1.165, 1.54) is 6.92 Å². The molecule has 20 heavy (non-hydrogen) atoms. The zero-order valence-corrected chi connectivity index (χ0v) is 11.4. The zero-order valence-electron chi connectivity index (χ0n) is 11.4. The average molecular weight is 289 g/mol. The van der Waals surface area contributed by atoms with Crippen LogP contribution >= 0.6 is 0 Å². The molecule has 0 aliphatic heterocycles. The van der Waals surface area contributed by atoms with E-state index in [9.17, 15) is 18.0 Å². The second-order valence-electron chi connectivity index (χ2n) is 4.79. The number of halogens is 3. The summed E-state index contributed by atoms with van der Waals surface area (Å²) < 4.78 is 39.4. The highest BCUT2D eigenvalue weighted by atomic mass is 19.4. The van der Waals surface area contributed by atoms with E-state index in [4.69, 9.17) is 5.11 Å². The summed E-state index contributed by atoms with van der Waals surface area (Å²) in [6.45, 7) is 2.16. The number of rotatable bonds is 6. The average Bonchev–Trinajstić information content (AvgIpc) is 2.38. The fourth-order valence-electron chi connectivity index (χ4n) is 2.00. The van der Waals surface area contributed by atoms with Crippen molar-refractivity contribution in [2.45, 2.75) is 38.5 Å². The quantitative estimate of drug-likeness (QED) is 0.817. The Morgan fingerprint density at radius 1 is 1.25 bits per heavy atom. The summed E-state index contributed by atoms with van der Waals surface area (Å²) in [7, 11) is 0. The van der Waals surface area contributed by atoms with Crippen LogP contribution in [0.1, 0.15) is 25.8 Å². The molecule has 1 rings (SSSR count). The molecule has 112 valence electrons. The van der Waals surface area contributed by atoms with E-state index in [1.807, 2.05) is 0 Å². The van der Waals surface area contributed by atoms with Gasteiger partial charge in [0, 0.05) is 6.54 Å². The minimum atomic E-state index is -4.68. The topological polar surface area (TPSA) is 40.5 Å². The number of hydrogen-bond acceptors (Lipinski definition) is 2. The third kappa shape index (κ3) is 3.72. The molecular formula is C14H18F3NO2. The number of carbonyl (C=O) groups is 1. The molecule has 0 amide bonds. The smallest absolute Gasteiger partial charge is 0.460 e. The van der Waals surface area contributed by atoms with E-state index in [0.717, 1.165) is 12.5 Å². The Labute approximate surface area is 116 Å². The number of benzene rings is 1. The Bertz CT molecular complexity index is 447. The summed E-state index contributed by atoms with van der Waals surface area (Å²) >= 11 is 0. The first-order chi connectivity index (χ1) is 9.21. The minimum Gasteiger partial charge on any atom is -0.480 e. The second-order valence-corrected chi connectivity index (χ2v) is 4.79. The minimum absolute atomic E-state index is 0.106. The lowest BCUT2D eigenvalue weighted by molar-refractivity contribution is -0.275. The van der Waals surface area contributed by atoms with Gasteiger partial charge in [-0.2, -0.15) is 18.1 Å². The Hall–Kier alpha value is -1.56. The molecule has 0 saturated carbocycles. The van der Waals surface area contributed by atoms with Crippen molar-refractivity contribution in [1.82, 2.24) is 4.90 Å². The van der Waals surface area contributed by atoms with Crippen LogP contribution in [-0.4, -0.2) is 34.4 Å². The molecule has 1 aromatic rings. The first kappa shape index (κ1) is 16.5. The van der Waals surface area contributed by atoms with Gasteiger partial charge in [-0.15, -0.1) is 0 Å². The van der Waals surface area contributed by atoms with Gasteiger partial charge in [-0.1, -0.05) is 37.3 Å². The van der Waals surface area contributed by atoms with Crippen molar-refractivity contribution < 1.29 is 23.1 Å². The zero-order chi connectivity index (χ0) is 15.4. The first-order valence-electron chi connectivity index (χ1n) is 6.33. The van der Waals surface area contributed by atoms with Crippen molar-refractivity contribution in [2.75, 3.05) is 6.54 Å². The molecule has 0 saturated heterocycles. The van der Waals surface area contributed by atoms with Crippen LogP contribution in [0.15, 0.2) is 30.3 Å². The van der Waals surface area contributed by atoms with Crippen molar-refractivity contribution in [3.05, 3.63) is 35.9 Å². The predicted molar refractivity (Wildman–Crippen MR) is 69.2 cm³/mol. The summed E-state index contributed by atoms with van der Waals surface area (Å²) in [6.07, 6.45) is -4.67. The monoisotopic (exact) mass is 289 g/mol. The van der Waals surface area contributed by atoms with Crippen molar-refractivity contribution >= 4 is 5.97 Å². The Kier molecular flexibility index (Phi) is 5.16. The number of carboxylic acids is 1. The van der Waals surface area contributed by atoms with Gasteiger partial charge in [-0.05, 0) is 25.3 Å². The molecule has 6 heteroatoms. The van der Waals surface area contributed by atoms with Gasteiger partial charge in [0.2, 0.25) is 0 Å². The maximum atomic E-state index is 13.1. The van der Waals surface area contributed by atoms with Gasteiger partial charge in [0.15, 0.2) is 0 Å². The van der Waals surface area contributed by atoms with Crippen LogP contribution in [0.4, 0.5) is 13.2 Å². The predicted octanol–water partition coefficient (Wildman–Crippen LogP) is 3.30.